The molecule has 0 heterocycles. The first-order valence-electron chi connectivity index (χ1n) is 2.77. The Morgan fingerprint density at radius 1 is 1.29 bits per heavy atom. The Kier molecular flexibility index (Phi) is 4.04. The summed E-state index contributed by atoms with van der Waals surface area (Å²) >= 11 is 0. The van der Waals surface area contributed by atoms with E-state index in [4.69, 9.17) is 0 Å². The summed E-state index contributed by atoms with van der Waals surface area (Å²) in [5.41, 5.74) is 3.03. The fourth-order valence-corrected chi connectivity index (χ4v) is 0.540. The predicted molar refractivity (Wildman–Crippen MR) is 32.0 cm³/mol. The van der Waals surface area contributed by atoms with Gasteiger partial charge in [0.05, 0.1) is 0 Å². The molecule has 0 rings (SSSR count). The van der Waals surface area contributed by atoms with E-state index in [1.807, 2.05) is 7.05 Å². The molecule has 0 saturated carbocycles. The molecule has 0 atom stereocenters. The monoisotopic (exact) mass is 102 g/mol. The highest BCUT2D eigenvalue weighted by atomic mass is 15.5. The van der Waals surface area contributed by atoms with Gasteiger partial charge >= 0.3 is 0 Å². The Balaban J connectivity index is 2.99. The molecule has 0 aromatic heterocycles. The smallest absolute Gasteiger partial charge is 0.0102 e. The lowest BCUT2D eigenvalue weighted by atomic mass is 10.6. The third-order valence-corrected chi connectivity index (χ3v) is 1.08. The Morgan fingerprint density at radius 3 is 1.71 bits per heavy atom. The normalized spacial score (nSPS) is 10.3. The molecule has 2 heteroatoms. The van der Waals surface area contributed by atoms with Crippen LogP contribution in [0.25, 0.3) is 0 Å². The third kappa shape index (κ3) is 2.60. The molecule has 44 valence electrons. The summed E-state index contributed by atoms with van der Waals surface area (Å²) in [6.45, 7) is 6.40. The van der Waals surface area contributed by atoms with Gasteiger partial charge in [-0.2, -0.15) is 0 Å². The second-order valence-corrected chi connectivity index (χ2v) is 1.40. The van der Waals surface area contributed by atoms with Crippen molar-refractivity contribution in [3.05, 3.63) is 0 Å². The van der Waals surface area contributed by atoms with Gasteiger partial charge < -0.3 is 0 Å². The van der Waals surface area contributed by atoms with Crippen molar-refractivity contribution in [1.82, 2.24) is 10.4 Å². The number of hydrazine groups is 1. The molecule has 0 aliphatic heterocycles. The standard InChI is InChI=1S/C5H14N2/c1-4-7(5-2)6-3/h6H,4-5H2,1-3H3. The van der Waals surface area contributed by atoms with Gasteiger partial charge in [0.15, 0.2) is 0 Å². The van der Waals surface area contributed by atoms with Gasteiger partial charge in [-0.3, -0.25) is 5.43 Å². The highest BCUT2D eigenvalue weighted by molar-refractivity contribution is 4.36. The zero-order valence-corrected chi connectivity index (χ0v) is 5.36. The summed E-state index contributed by atoms with van der Waals surface area (Å²) in [4.78, 5) is 0. The van der Waals surface area contributed by atoms with E-state index < -0.39 is 0 Å². The molecule has 7 heavy (non-hydrogen) atoms. The van der Waals surface area contributed by atoms with E-state index in [9.17, 15) is 0 Å². The van der Waals surface area contributed by atoms with Gasteiger partial charge in [0, 0.05) is 13.1 Å². The summed E-state index contributed by atoms with van der Waals surface area (Å²) in [5.74, 6) is 0. The first-order chi connectivity index (χ1) is 3.35. The van der Waals surface area contributed by atoms with E-state index in [0.717, 1.165) is 13.1 Å². The van der Waals surface area contributed by atoms with Gasteiger partial charge in [0.2, 0.25) is 0 Å². The van der Waals surface area contributed by atoms with E-state index in [0.29, 0.717) is 0 Å². The molecule has 0 aliphatic carbocycles. The van der Waals surface area contributed by atoms with Crippen LogP contribution in [-0.2, 0) is 0 Å². The quantitative estimate of drug-likeness (QED) is 0.521. The molecule has 1 N–H and O–H groups in total. The molecule has 0 fully saturated rings. The number of hydrogen-bond acceptors (Lipinski definition) is 2. The van der Waals surface area contributed by atoms with E-state index in [-0.39, 0.29) is 0 Å². The Bertz CT molecular complexity index is 27.6. The summed E-state index contributed by atoms with van der Waals surface area (Å²) in [6.07, 6.45) is 0. The average molecular weight is 102 g/mol. The molecule has 0 aliphatic rings. The van der Waals surface area contributed by atoms with Gasteiger partial charge in [-0.15, -0.1) is 0 Å². The third-order valence-electron chi connectivity index (χ3n) is 1.08. The number of hydrogen-bond donors (Lipinski definition) is 1. The molecule has 0 aromatic rings. The SMILES string of the molecule is CCN(CC)NC. The molecule has 0 radical (unpaired) electrons. The van der Waals surface area contributed by atoms with Crippen LogP contribution in [0.3, 0.4) is 0 Å². The van der Waals surface area contributed by atoms with Crippen molar-refractivity contribution >= 4 is 0 Å². The molecule has 0 unspecified atom stereocenters. The number of nitrogens with one attached hydrogen (secondary N) is 1. The topological polar surface area (TPSA) is 15.3 Å². The fourth-order valence-electron chi connectivity index (χ4n) is 0.540. The van der Waals surface area contributed by atoms with Crippen LogP contribution >= 0.6 is 0 Å². The zero-order valence-electron chi connectivity index (χ0n) is 5.36. The first-order valence-corrected chi connectivity index (χ1v) is 2.77. The minimum absolute atomic E-state index is 1.08. The highest BCUT2D eigenvalue weighted by Crippen LogP contribution is 1.74. The van der Waals surface area contributed by atoms with Crippen molar-refractivity contribution in [2.75, 3.05) is 20.1 Å². The summed E-state index contributed by atoms with van der Waals surface area (Å²) < 4.78 is 0. The van der Waals surface area contributed by atoms with Gasteiger partial charge in [-0.1, -0.05) is 13.8 Å². The number of rotatable bonds is 3. The van der Waals surface area contributed by atoms with Gasteiger partial charge in [0.25, 0.3) is 0 Å². The maximum Gasteiger partial charge on any atom is 0.0102 e. The molecule has 0 amide bonds. The van der Waals surface area contributed by atoms with E-state index in [1.165, 1.54) is 0 Å². The second-order valence-electron chi connectivity index (χ2n) is 1.40. The van der Waals surface area contributed by atoms with Crippen LogP contribution < -0.4 is 5.43 Å². The largest absolute Gasteiger partial charge is 0.258 e. The predicted octanol–water partition coefficient (Wildman–Crippen LogP) is 0.463. The Labute approximate surface area is 45.5 Å². The van der Waals surface area contributed by atoms with Crippen molar-refractivity contribution < 1.29 is 0 Å². The lowest BCUT2D eigenvalue weighted by Crippen LogP contribution is -2.34. The van der Waals surface area contributed by atoms with E-state index in [2.05, 4.69) is 24.3 Å². The van der Waals surface area contributed by atoms with Crippen LogP contribution in [0, 0.1) is 0 Å². The van der Waals surface area contributed by atoms with Crippen LogP contribution in [0.5, 0.6) is 0 Å². The van der Waals surface area contributed by atoms with E-state index in [1.54, 1.807) is 0 Å². The van der Waals surface area contributed by atoms with Gasteiger partial charge in [-0.25, -0.2) is 5.01 Å². The fraction of sp³-hybridized carbons (Fsp3) is 1.00. The Morgan fingerprint density at radius 2 is 1.71 bits per heavy atom. The minimum Gasteiger partial charge on any atom is -0.258 e. The van der Waals surface area contributed by atoms with Gasteiger partial charge in [-0.05, 0) is 7.05 Å². The minimum atomic E-state index is 1.08. The summed E-state index contributed by atoms with van der Waals surface area (Å²) in [5, 5.41) is 2.12. The highest BCUT2D eigenvalue weighted by Gasteiger charge is 1.88. The molecule has 0 saturated heterocycles. The molecule has 0 aromatic carbocycles. The van der Waals surface area contributed by atoms with Gasteiger partial charge in [0.1, 0.15) is 0 Å². The first kappa shape index (κ1) is 6.92. The van der Waals surface area contributed by atoms with Crippen LogP contribution in [0.4, 0.5) is 0 Å². The number of nitrogens with zero attached hydrogens (tertiary/aromatic N) is 1. The van der Waals surface area contributed by atoms with E-state index >= 15 is 0 Å². The van der Waals surface area contributed by atoms with Crippen LogP contribution in [0.2, 0.25) is 0 Å². The molecule has 2 nitrogen and oxygen atoms in total. The zero-order chi connectivity index (χ0) is 5.70. The molecule has 0 spiro atoms. The van der Waals surface area contributed by atoms with Crippen LogP contribution in [-0.4, -0.2) is 25.1 Å². The average Bonchev–Trinajstić information content (AvgIpc) is 1.72. The van der Waals surface area contributed by atoms with Crippen molar-refractivity contribution in [2.45, 2.75) is 13.8 Å². The summed E-state index contributed by atoms with van der Waals surface area (Å²) in [7, 11) is 1.94. The molecular weight excluding hydrogens is 88.1 g/mol. The van der Waals surface area contributed by atoms with Crippen molar-refractivity contribution in [1.29, 1.82) is 0 Å². The van der Waals surface area contributed by atoms with Crippen LogP contribution in [0.1, 0.15) is 13.8 Å². The maximum absolute atomic E-state index is 3.03. The Hall–Kier alpha value is -0.0800. The lowest BCUT2D eigenvalue weighted by Gasteiger charge is -2.14. The van der Waals surface area contributed by atoms with Crippen molar-refractivity contribution in [3.63, 3.8) is 0 Å². The molecule has 0 bridgehead atoms. The van der Waals surface area contributed by atoms with Crippen molar-refractivity contribution in [3.8, 4) is 0 Å². The maximum atomic E-state index is 3.03. The second kappa shape index (κ2) is 4.09. The van der Waals surface area contributed by atoms with Crippen molar-refractivity contribution in [2.24, 2.45) is 0 Å². The summed E-state index contributed by atoms with van der Waals surface area (Å²) in [6, 6.07) is 0. The lowest BCUT2D eigenvalue weighted by molar-refractivity contribution is 0.232. The van der Waals surface area contributed by atoms with Crippen LogP contribution in [0.15, 0.2) is 0 Å². The molecular formula is C5H14N2.